The molecule has 3 N–H and O–H groups in total. The van der Waals surface area contributed by atoms with E-state index in [1.54, 1.807) is 6.92 Å². The van der Waals surface area contributed by atoms with E-state index in [0.717, 1.165) is 12.1 Å². The molecule has 0 saturated heterocycles. The van der Waals surface area contributed by atoms with E-state index in [-0.39, 0.29) is 12.3 Å². The zero-order valence-corrected chi connectivity index (χ0v) is 12.4. The van der Waals surface area contributed by atoms with E-state index in [9.17, 15) is 22.8 Å². The average molecular weight is 316 g/mol. The van der Waals surface area contributed by atoms with Gasteiger partial charge in [0, 0.05) is 0 Å². The van der Waals surface area contributed by atoms with Crippen molar-refractivity contribution in [2.45, 2.75) is 38.9 Å². The lowest BCUT2D eigenvalue weighted by molar-refractivity contribution is -0.137. The number of hydrogen-bond acceptors (Lipinski definition) is 2. The van der Waals surface area contributed by atoms with E-state index < -0.39 is 29.6 Å². The highest BCUT2D eigenvalue weighted by Gasteiger charge is 2.30. The smallest absolute Gasteiger partial charge is 0.368 e. The quantitative estimate of drug-likeness (QED) is 0.845. The van der Waals surface area contributed by atoms with Gasteiger partial charge in [0.25, 0.3) is 0 Å². The molecule has 0 aromatic heterocycles. The summed E-state index contributed by atoms with van der Waals surface area (Å²) in [7, 11) is 0. The van der Waals surface area contributed by atoms with Crippen LogP contribution in [0.4, 0.5) is 13.2 Å². The molecule has 0 bridgehead atoms. The minimum atomic E-state index is -4.41. The second-order valence-electron chi connectivity index (χ2n) is 5.20. The van der Waals surface area contributed by atoms with Crippen LogP contribution in [0, 0.1) is 5.92 Å². The topological polar surface area (TPSA) is 72.2 Å². The molecular weight excluding hydrogens is 297 g/mol. The monoisotopic (exact) mass is 316 g/mol. The Morgan fingerprint density at radius 3 is 2.18 bits per heavy atom. The third kappa shape index (κ3) is 5.05. The summed E-state index contributed by atoms with van der Waals surface area (Å²) in [6.45, 7) is 3.65. The summed E-state index contributed by atoms with van der Waals surface area (Å²) in [5, 5.41) is 2.52. The van der Waals surface area contributed by atoms with Crippen molar-refractivity contribution in [1.82, 2.24) is 5.32 Å². The van der Waals surface area contributed by atoms with Gasteiger partial charge in [0.1, 0.15) is 6.04 Å². The lowest BCUT2D eigenvalue weighted by Gasteiger charge is -2.21. The Hall–Kier alpha value is -2.05. The third-order valence-corrected chi connectivity index (χ3v) is 3.48. The first-order valence-electron chi connectivity index (χ1n) is 6.90. The van der Waals surface area contributed by atoms with Crippen LogP contribution in [0.5, 0.6) is 0 Å². The van der Waals surface area contributed by atoms with Crippen LogP contribution < -0.4 is 11.1 Å². The molecule has 2 atom stereocenters. The van der Waals surface area contributed by atoms with Crippen molar-refractivity contribution in [3.8, 4) is 0 Å². The molecule has 0 heterocycles. The van der Waals surface area contributed by atoms with E-state index in [4.69, 9.17) is 5.73 Å². The molecule has 1 aromatic rings. The highest BCUT2D eigenvalue weighted by atomic mass is 19.4. The molecule has 22 heavy (non-hydrogen) atoms. The minimum Gasteiger partial charge on any atom is -0.368 e. The fraction of sp³-hybridized carbons (Fsp3) is 0.467. The van der Waals surface area contributed by atoms with Gasteiger partial charge in [-0.05, 0) is 23.6 Å². The van der Waals surface area contributed by atoms with Gasteiger partial charge in [-0.1, -0.05) is 32.4 Å². The Morgan fingerprint density at radius 2 is 1.77 bits per heavy atom. The van der Waals surface area contributed by atoms with Crippen molar-refractivity contribution >= 4 is 11.8 Å². The summed E-state index contributed by atoms with van der Waals surface area (Å²) in [6, 6.07) is 3.54. The minimum absolute atomic E-state index is 0.113. The van der Waals surface area contributed by atoms with Gasteiger partial charge in [-0.25, -0.2) is 0 Å². The highest BCUT2D eigenvalue weighted by molar-refractivity contribution is 5.87. The fourth-order valence-electron chi connectivity index (χ4n) is 1.95. The van der Waals surface area contributed by atoms with Gasteiger partial charge >= 0.3 is 6.18 Å². The largest absolute Gasteiger partial charge is 0.416 e. The second kappa shape index (κ2) is 7.29. The maximum atomic E-state index is 12.4. The van der Waals surface area contributed by atoms with E-state index >= 15 is 0 Å². The summed E-state index contributed by atoms with van der Waals surface area (Å²) in [5.74, 6) is -1.20. The number of benzene rings is 1. The number of carbonyl (C=O) groups excluding carboxylic acids is 2. The predicted molar refractivity (Wildman–Crippen MR) is 75.7 cm³/mol. The zero-order chi connectivity index (χ0) is 16.9. The Balaban J connectivity index is 2.70. The van der Waals surface area contributed by atoms with Crippen LogP contribution in [0.3, 0.4) is 0 Å². The normalized spacial score (nSPS) is 14.2. The van der Waals surface area contributed by atoms with Crippen molar-refractivity contribution in [2.24, 2.45) is 11.7 Å². The molecule has 0 aliphatic rings. The maximum Gasteiger partial charge on any atom is 0.416 e. The van der Waals surface area contributed by atoms with Crippen LogP contribution in [0.1, 0.15) is 31.4 Å². The molecule has 1 aromatic carbocycles. The predicted octanol–water partition coefficient (Wildman–Crippen LogP) is 2.26. The number of rotatable bonds is 6. The Bertz CT molecular complexity index is 527. The molecule has 2 unspecified atom stereocenters. The first-order valence-corrected chi connectivity index (χ1v) is 6.90. The van der Waals surface area contributed by atoms with Gasteiger partial charge in [-0.3, -0.25) is 9.59 Å². The number of hydrogen-bond donors (Lipinski definition) is 2. The van der Waals surface area contributed by atoms with E-state index in [1.807, 2.05) is 6.92 Å². The molecule has 122 valence electrons. The molecule has 0 radical (unpaired) electrons. The van der Waals surface area contributed by atoms with Gasteiger partial charge in [0.05, 0.1) is 12.0 Å². The Kier molecular flexibility index (Phi) is 5.96. The van der Waals surface area contributed by atoms with Gasteiger partial charge in [0.15, 0.2) is 0 Å². The molecule has 0 spiro atoms. The Morgan fingerprint density at radius 1 is 1.23 bits per heavy atom. The number of nitrogens with two attached hydrogens (primary N) is 1. The summed E-state index contributed by atoms with van der Waals surface area (Å²) in [5.41, 5.74) is 4.90. The highest BCUT2D eigenvalue weighted by Crippen LogP contribution is 2.29. The van der Waals surface area contributed by atoms with Gasteiger partial charge in [-0.2, -0.15) is 13.2 Å². The van der Waals surface area contributed by atoms with Crippen molar-refractivity contribution in [1.29, 1.82) is 0 Å². The summed E-state index contributed by atoms with van der Waals surface area (Å²) >= 11 is 0. The standard InChI is InChI=1S/C15H19F3N2O2/c1-3-9(2)13(14(19)22)20-12(21)8-10-4-6-11(7-5-10)15(16,17)18/h4-7,9,13H,3,8H2,1-2H3,(H2,19,22)(H,20,21). The van der Waals surface area contributed by atoms with Crippen LogP contribution >= 0.6 is 0 Å². The molecule has 4 nitrogen and oxygen atoms in total. The van der Waals surface area contributed by atoms with Crippen LogP contribution in [-0.2, 0) is 22.2 Å². The van der Waals surface area contributed by atoms with E-state index in [1.165, 1.54) is 12.1 Å². The first kappa shape index (κ1) is 18.0. The van der Waals surface area contributed by atoms with Gasteiger partial charge in [-0.15, -0.1) is 0 Å². The summed E-state index contributed by atoms with van der Waals surface area (Å²) < 4.78 is 37.3. The van der Waals surface area contributed by atoms with Crippen LogP contribution in [0.15, 0.2) is 24.3 Å². The molecule has 0 saturated carbocycles. The Labute approximate surface area is 126 Å². The molecule has 0 aliphatic heterocycles. The van der Waals surface area contributed by atoms with Gasteiger partial charge in [0.2, 0.25) is 11.8 Å². The lowest BCUT2D eigenvalue weighted by Crippen LogP contribution is -2.48. The van der Waals surface area contributed by atoms with Crippen LogP contribution in [-0.4, -0.2) is 17.9 Å². The molecule has 0 fully saturated rings. The van der Waals surface area contributed by atoms with Crippen molar-refractivity contribution in [2.75, 3.05) is 0 Å². The fourth-order valence-corrected chi connectivity index (χ4v) is 1.95. The number of alkyl halides is 3. The molecule has 2 amide bonds. The molecule has 0 aliphatic carbocycles. The molecule has 1 rings (SSSR count). The third-order valence-electron chi connectivity index (χ3n) is 3.48. The number of nitrogens with one attached hydrogen (secondary N) is 1. The van der Waals surface area contributed by atoms with Crippen LogP contribution in [0.25, 0.3) is 0 Å². The second-order valence-corrected chi connectivity index (χ2v) is 5.20. The van der Waals surface area contributed by atoms with Crippen molar-refractivity contribution in [3.63, 3.8) is 0 Å². The summed E-state index contributed by atoms with van der Waals surface area (Å²) in [6.07, 6.45) is -3.86. The van der Waals surface area contributed by atoms with Gasteiger partial charge < -0.3 is 11.1 Å². The van der Waals surface area contributed by atoms with Crippen molar-refractivity contribution < 1.29 is 22.8 Å². The lowest BCUT2D eigenvalue weighted by atomic mass is 9.98. The van der Waals surface area contributed by atoms with E-state index in [0.29, 0.717) is 12.0 Å². The number of carbonyl (C=O) groups is 2. The number of primary amides is 1. The van der Waals surface area contributed by atoms with Crippen LogP contribution in [0.2, 0.25) is 0 Å². The molecule has 7 heteroatoms. The van der Waals surface area contributed by atoms with E-state index in [2.05, 4.69) is 5.32 Å². The summed E-state index contributed by atoms with van der Waals surface area (Å²) in [4.78, 5) is 23.2. The molecular formula is C15H19F3N2O2. The van der Waals surface area contributed by atoms with Crippen molar-refractivity contribution in [3.05, 3.63) is 35.4 Å². The number of amides is 2. The SMILES string of the molecule is CCC(C)C(NC(=O)Cc1ccc(C(F)(F)F)cc1)C(N)=O. The first-order chi connectivity index (χ1) is 10.1. The zero-order valence-electron chi connectivity index (χ0n) is 12.4. The maximum absolute atomic E-state index is 12.4. The average Bonchev–Trinajstić information content (AvgIpc) is 2.43. The number of halogens is 3.